The Morgan fingerprint density at radius 2 is 1.40 bits per heavy atom. The van der Waals surface area contributed by atoms with Crippen LogP contribution in [0.3, 0.4) is 0 Å². The zero-order valence-corrected chi connectivity index (χ0v) is 32.4. The van der Waals surface area contributed by atoms with Crippen LogP contribution in [0.4, 0.5) is 0 Å². The maximum Gasteiger partial charge on any atom is 0.316 e. The molecule has 9 heteroatoms. The van der Waals surface area contributed by atoms with E-state index in [9.17, 15) is 9.90 Å². The fraction of sp³-hybridized carbons (Fsp3) is 0.409. The summed E-state index contributed by atoms with van der Waals surface area (Å²) in [7, 11) is 0. The van der Waals surface area contributed by atoms with E-state index in [1.165, 1.54) is 12.1 Å². The molecule has 0 aliphatic heterocycles. The molecule has 3 aromatic carbocycles. The van der Waals surface area contributed by atoms with Gasteiger partial charge in [0.2, 0.25) is 0 Å². The third-order valence-electron chi connectivity index (χ3n) is 9.11. The van der Waals surface area contributed by atoms with Crippen molar-refractivity contribution in [1.29, 1.82) is 0 Å². The van der Waals surface area contributed by atoms with Crippen molar-refractivity contribution in [2.24, 2.45) is 11.8 Å². The van der Waals surface area contributed by atoms with Gasteiger partial charge in [-0.2, -0.15) is 0 Å². The summed E-state index contributed by atoms with van der Waals surface area (Å²) in [6, 6.07) is 17.2. The number of carbonyl (C=O) groups excluding carboxylic acids is 1. The number of aromatic hydroxyl groups is 1. The van der Waals surface area contributed by atoms with Gasteiger partial charge in [-0.15, -0.1) is 6.58 Å². The minimum atomic E-state index is -0.718. The number of ether oxygens (including phenoxy) is 4. The predicted octanol–water partition coefficient (Wildman–Crippen LogP) is 9.69. The molecular weight excluding hydrogens is 666 g/mol. The minimum Gasteiger partial charge on any atom is -0.507 e. The topological polar surface area (TPSA) is 113 Å². The molecule has 0 bridgehead atoms. The van der Waals surface area contributed by atoms with Crippen LogP contribution >= 0.6 is 0 Å². The number of allylic oxidation sites excluding steroid dienone is 1. The molecule has 1 heterocycles. The van der Waals surface area contributed by atoms with E-state index >= 15 is 0 Å². The first-order valence-electron chi connectivity index (χ1n) is 18.5. The number of hydrogen-bond donors (Lipinski definition) is 1. The van der Waals surface area contributed by atoms with Gasteiger partial charge in [0.25, 0.3) is 0 Å². The molecule has 3 atom stereocenters. The minimum absolute atomic E-state index is 0.000932. The Morgan fingerprint density at radius 3 is 1.91 bits per heavy atom. The first-order valence-corrected chi connectivity index (χ1v) is 18.5. The number of unbranched alkanes of at least 4 members (excludes halogenated alkanes) is 1. The lowest BCUT2D eigenvalue weighted by Gasteiger charge is -2.22. The first-order chi connectivity index (χ1) is 25.4. The average Bonchev–Trinajstić information content (AvgIpc) is 3.11. The van der Waals surface area contributed by atoms with Gasteiger partial charge in [0.05, 0.1) is 17.9 Å². The summed E-state index contributed by atoms with van der Waals surface area (Å²) in [6.45, 7) is 22.5. The van der Waals surface area contributed by atoms with E-state index in [1.54, 1.807) is 19.1 Å². The third-order valence-corrected chi connectivity index (χ3v) is 9.11. The number of phenols is 1. The number of carbonyl (C=O) groups is 1. The lowest BCUT2D eigenvalue weighted by molar-refractivity contribution is -0.159. The number of benzene rings is 3. The molecule has 0 saturated heterocycles. The van der Waals surface area contributed by atoms with E-state index in [1.807, 2.05) is 52.0 Å². The van der Waals surface area contributed by atoms with Gasteiger partial charge < -0.3 is 24.1 Å². The van der Waals surface area contributed by atoms with Crippen LogP contribution in [-0.2, 0) is 19.0 Å². The van der Waals surface area contributed by atoms with Gasteiger partial charge in [-0.25, -0.2) is 15.0 Å². The molecule has 1 aromatic heterocycles. The fourth-order valence-electron chi connectivity index (χ4n) is 5.94. The lowest BCUT2D eigenvalue weighted by Crippen LogP contribution is -2.33. The highest BCUT2D eigenvalue weighted by Gasteiger charge is 2.24. The second kappa shape index (κ2) is 19.7. The summed E-state index contributed by atoms with van der Waals surface area (Å²) in [5, 5.41) is 11.3. The van der Waals surface area contributed by atoms with Crippen LogP contribution in [0.15, 0.2) is 79.6 Å². The van der Waals surface area contributed by atoms with Crippen LogP contribution in [0, 0.1) is 39.5 Å². The van der Waals surface area contributed by atoms with Crippen LogP contribution in [0.5, 0.6) is 11.5 Å². The van der Waals surface area contributed by atoms with E-state index in [0.717, 1.165) is 59.1 Å². The zero-order valence-electron chi connectivity index (χ0n) is 32.4. The summed E-state index contributed by atoms with van der Waals surface area (Å²) in [5.41, 5.74) is 6.54. The number of esters is 1. The van der Waals surface area contributed by atoms with Gasteiger partial charge in [-0.3, -0.25) is 4.79 Å². The molecule has 1 N–H and O–H groups in total. The molecule has 4 rings (SSSR count). The van der Waals surface area contributed by atoms with Gasteiger partial charge in [-0.05, 0) is 70.2 Å². The van der Waals surface area contributed by atoms with E-state index in [4.69, 9.17) is 33.9 Å². The highest BCUT2D eigenvalue weighted by molar-refractivity contribution is 5.75. The van der Waals surface area contributed by atoms with E-state index < -0.39 is 18.0 Å². The number of nitrogens with zero attached hydrogens (tertiary/aromatic N) is 3. The van der Waals surface area contributed by atoms with E-state index in [-0.39, 0.29) is 25.6 Å². The van der Waals surface area contributed by atoms with Crippen LogP contribution in [0.1, 0.15) is 68.7 Å². The maximum atomic E-state index is 13.1. The van der Waals surface area contributed by atoms with Crippen LogP contribution in [0.2, 0.25) is 0 Å². The Bertz CT molecular complexity index is 1800. The Balaban J connectivity index is 1.59. The summed E-state index contributed by atoms with van der Waals surface area (Å²) in [4.78, 5) is 27.7. The standard InChI is InChI=1S/C44H55N3O6/c1-10-13-14-33(11-2)24-50-26-36(53-44(49)34(12-3)25-51-28(4)5)27-52-35-17-20-39(40(48)23-35)43-46-41(37-18-15-29(6)21-31(37)8)45-42(47-43)38-19-16-30(7)22-32(38)9/h12,15-23,33-34,36,48H,3-4,10-11,13-14,24-27H2,1-2,5-9H3. The fourth-order valence-corrected chi connectivity index (χ4v) is 5.94. The molecule has 0 fully saturated rings. The Kier molecular flexibility index (Phi) is 15.2. The third kappa shape index (κ3) is 11.7. The second-order valence-corrected chi connectivity index (χ2v) is 13.8. The van der Waals surface area contributed by atoms with Crippen molar-refractivity contribution in [2.75, 3.05) is 26.4 Å². The normalized spacial score (nSPS) is 12.8. The Hall–Kier alpha value is -5.02. The molecule has 0 aliphatic carbocycles. The van der Waals surface area contributed by atoms with Crippen LogP contribution in [0.25, 0.3) is 34.2 Å². The summed E-state index contributed by atoms with van der Waals surface area (Å²) >= 11 is 0. The molecule has 0 amide bonds. The maximum absolute atomic E-state index is 13.1. The van der Waals surface area contributed by atoms with Crippen molar-refractivity contribution in [3.63, 3.8) is 0 Å². The highest BCUT2D eigenvalue weighted by Crippen LogP contribution is 2.34. The molecular formula is C44H55N3O6. The number of aromatic nitrogens is 3. The molecule has 282 valence electrons. The highest BCUT2D eigenvalue weighted by atomic mass is 16.6. The number of rotatable bonds is 20. The van der Waals surface area contributed by atoms with Crippen molar-refractivity contribution >= 4 is 5.97 Å². The van der Waals surface area contributed by atoms with Crippen molar-refractivity contribution in [2.45, 2.75) is 80.3 Å². The Labute approximate surface area is 315 Å². The van der Waals surface area contributed by atoms with Gasteiger partial charge in [0, 0.05) is 23.8 Å². The summed E-state index contributed by atoms with van der Waals surface area (Å²) < 4.78 is 23.5. The Morgan fingerprint density at radius 1 is 0.811 bits per heavy atom. The molecule has 0 saturated carbocycles. The SMILES string of the molecule is C=CC(COC(=C)C)C(=O)OC(COCC(CC)CCCC)COc1ccc(-c2nc(-c3ccc(C)cc3C)nc(-c3ccc(C)cc3C)n2)c(O)c1. The molecule has 53 heavy (non-hydrogen) atoms. The van der Waals surface area contributed by atoms with Gasteiger partial charge in [0.15, 0.2) is 23.6 Å². The molecule has 4 aromatic rings. The van der Waals surface area contributed by atoms with Crippen molar-refractivity contribution in [3.05, 3.63) is 102 Å². The van der Waals surface area contributed by atoms with Crippen molar-refractivity contribution in [1.82, 2.24) is 15.0 Å². The average molecular weight is 722 g/mol. The zero-order chi connectivity index (χ0) is 38.5. The van der Waals surface area contributed by atoms with Gasteiger partial charge >= 0.3 is 5.97 Å². The van der Waals surface area contributed by atoms with E-state index in [0.29, 0.717) is 47.1 Å². The number of aryl methyl sites for hydroxylation is 4. The molecule has 0 spiro atoms. The monoisotopic (exact) mass is 721 g/mol. The van der Waals surface area contributed by atoms with Crippen molar-refractivity contribution in [3.8, 4) is 45.7 Å². The van der Waals surface area contributed by atoms with Crippen LogP contribution in [-0.4, -0.2) is 58.6 Å². The summed E-state index contributed by atoms with van der Waals surface area (Å²) in [6.07, 6.45) is 5.12. The van der Waals surface area contributed by atoms with Gasteiger partial charge in [0.1, 0.15) is 30.6 Å². The second-order valence-electron chi connectivity index (χ2n) is 13.8. The van der Waals surface area contributed by atoms with E-state index in [2.05, 4.69) is 39.1 Å². The largest absolute Gasteiger partial charge is 0.507 e. The van der Waals surface area contributed by atoms with Crippen molar-refractivity contribution < 1.29 is 28.8 Å². The summed E-state index contributed by atoms with van der Waals surface area (Å²) in [5.74, 6) is 1.40. The molecule has 3 unspecified atom stereocenters. The molecule has 0 aliphatic rings. The molecule has 9 nitrogen and oxygen atoms in total. The lowest BCUT2D eigenvalue weighted by atomic mass is 10.0. The molecule has 0 radical (unpaired) electrons. The smallest absolute Gasteiger partial charge is 0.316 e. The van der Waals surface area contributed by atoms with Gasteiger partial charge in [-0.1, -0.05) is 93.3 Å². The predicted molar refractivity (Wildman–Crippen MR) is 211 cm³/mol. The van der Waals surface area contributed by atoms with Crippen LogP contribution < -0.4 is 4.74 Å². The quantitative estimate of drug-likeness (QED) is 0.0541. The first kappa shape index (κ1) is 40.7. The number of phenolic OH excluding ortho intramolecular Hbond substituents is 1. The number of hydrogen-bond acceptors (Lipinski definition) is 9.